The Morgan fingerprint density at radius 2 is 1.31 bits per heavy atom. The molecule has 0 fully saturated rings. The van der Waals surface area contributed by atoms with E-state index in [-0.39, 0.29) is 34.7 Å². The molecule has 12 heteroatoms. The van der Waals surface area contributed by atoms with E-state index < -0.39 is 23.8 Å². The number of nitrogens with one attached hydrogen (secondary N) is 2. The van der Waals surface area contributed by atoms with Crippen LogP contribution < -0.4 is 20.2 Å². The summed E-state index contributed by atoms with van der Waals surface area (Å²) in [6, 6.07) is 22.7. The van der Waals surface area contributed by atoms with Crippen molar-refractivity contribution in [3.63, 3.8) is 0 Å². The third kappa shape index (κ3) is 8.65. The number of benzene rings is 4. The zero-order valence-electron chi connectivity index (χ0n) is 21.5. The van der Waals surface area contributed by atoms with E-state index in [1.807, 2.05) is 0 Å². The van der Waals surface area contributed by atoms with Gasteiger partial charge in [0.2, 0.25) is 0 Å². The van der Waals surface area contributed by atoms with Gasteiger partial charge in [-0.1, -0.05) is 40.9 Å². The predicted molar refractivity (Wildman–Crippen MR) is 159 cm³/mol. The largest absolute Gasteiger partial charge is 0.423 e. The second-order valence-corrected chi connectivity index (χ2v) is 9.79. The lowest BCUT2D eigenvalue weighted by atomic mass is 10.2. The van der Waals surface area contributed by atoms with Gasteiger partial charge in [0.15, 0.2) is 0 Å². The monoisotopic (exact) mass is 623 g/mol. The van der Waals surface area contributed by atoms with Crippen molar-refractivity contribution in [2.45, 2.75) is 0 Å². The molecule has 2 amide bonds. The fourth-order valence-electron chi connectivity index (χ4n) is 3.38. The number of carbonyl (C=O) groups is 4. The SMILES string of the molecule is O=C(CNC(=O)c1cccc(Cl)c1)N/N=C\c1ccc(OC(=O)c2ccc(Cl)cc2)cc1OC(=O)c1ccc(Cl)cc1. The number of hydrazone groups is 1. The quantitative estimate of drug-likeness (QED) is 0.102. The Bertz CT molecular complexity index is 1660. The summed E-state index contributed by atoms with van der Waals surface area (Å²) in [5, 5.41) is 7.62. The first-order valence-electron chi connectivity index (χ1n) is 12.1. The lowest BCUT2D eigenvalue weighted by Gasteiger charge is -2.11. The highest BCUT2D eigenvalue weighted by Crippen LogP contribution is 2.26. The number of hydrogen-bond donors (Lipinski definition) is 2. The van der Waals surface area contributed by atoms with E-state index in [4.69, 9.17) is 44.3 Å². The second kappa shape index (κ2) is 14.3. The molecular weight excluding hydrogens is 605 g/mol. The summed E-state index contributed by atoms with van der Waals surface area (Å²) in [6.07, 6.45) is 1.23. The van der Waals surface area contributed by atoms with Crippen molar-refractivity contribution in [2.24, 2.45) is 5.10 Å². The number of hydrogen-bond acceptors (Lipinski definition) is 7. The van der Waals surface area contributed by atoms with Crippen LogP contribution in [0.4, 0.5) is 0 Å². The van der Waals surface area contributed by atoms with Gasteiger partial charge in [0.05, 0.1) is 23.9 Å². The number of nitrogens with zero attached hydrogens (tertiary/aromatic N) is 1. The van der Waals surface area contributed by atoms with Gasteiger partial charge in [-0.3, -0.25) is 9.59 Å². The molecule has 0 aliphatic heterocycles. The van der Waals surface area contributed by atoms with Gasteiger partial charge in [-0.05, 0) is 78.9 Å². The van der Waals surface area contributed by atoms with Crippen molar-refractivity contribution in [1.29, 1.82) is 0 Å². The first-order chi connectivity index (χ1) is 20.2. The normalized spacial score (nSPS) is 10.6. The van der Waals surface area contributed by atoms with Crippen molar-refractivity contribution in [2.75, 3.05) is 6.54 Å². The molecule has 0 saturated heterocycles. The second-order valence-electron chi connectivity index (χ2n) is 8.48. The summed E-state index contributed by atoms with van der Waals surface area (Å²) in [4.78, 5) is 49.8. The van der Waals surface area contributed by atoms with Crippen molar-refractivity contribution in [3.05, 3.63) is 128 Å². The van der Waals surface area contributed by atoms with Gasteiger partial charge in [0.25, 0.3) is 11.8 Å². The van der Waals surface area contributed by atoms with Gasteiger partial charge >= 0.3 is 11.9 Å². The zero-order chi connectivity index (χ0) is 30.1. The molecule has 4 rings (SSSR count). The van der Waals surface area contributed by atoms with Crippen molar-refractivity contribution < 1.29 is 28.7 Å². The van der Waals surface area contributed by atoms with E-state index in [1.54, 1.807) is 30.3 Å². The van der Waals surface area contributed by atoms with E-state index in [9.17, 15) is 19.2 Å². The van der Waals surface area contributed by atoms with Crippen molar-refractivity contribution in [1.82, 2.24) is 10.7 Å². The maximum Gasteiger partial charge on any atom is 0.343 e. The van der Waals surface area contributed by atoms with E-state index in [0.717, 1.165) is 0 Å². The smallest absolute Gasteiger partial charge is 0.343 e. The van der Waals surface area contributed by atoms with Crippen LogP contribution in [-0.2, 0) is 4.79 Å². The molecule has 4 aromatic carbocycles. The van der Waals surface area contributed by atoms with Gasteiger partial charge in [-0.25, -0.2) is 15.0 Å². The molecule has 0 spiro atoms. The van der Waals surface area contributed by atoms with Crippen molar-refractivity contribution >= 4 is 64.8 Å². The van der Waals surface area contributed by atoms with Gasteiger partial charge in [0.1, 0.15) is 11.5 Å². The zero-order valence-corrected chi connectivity index (χ0v) is 23.7. The highest BCUT2D eigenvalue weighted by atomic mass is 35.5. The van der Waals surface area contributed by atoms with E-state index in [2.05, 4.69) is 15.8 Å². The molecular formula is C30H20Cl3N3O6. The number of ether oxygens (including phenoxy) is 2. The van der Waals surface area contributed by atoms with Gasteiger partial charge in [-0.2, -0.15) is 5.10 Å². The molecule has 0 atom stereocenters. The van der Waals surface area contributed by atoms with Crippen LogP contribution in [0.3, 0.4) is 0 Å². The molecule has 4 aromatic rings. The van der Waals surface area contributed by atoms with Crippen LogP contribution in [0, 0.1) is 0 Å². The number of rotatable bonds is 9. The minimum absolute atomic E-state index is 0.0105. The van der Waals surface area contributed by atoms with Crippen LogP contribution in [0.2, 0.25) is 15.1 Å². The van der Waals surface area contributed by atoms with Gasteiger partial charge < -0.3 is 14.8 Å². The summed E-state index contributed by atoms with van der Waals surface area (Å²) in [6.45, 7) is -0.360. The maximum absolute atomic E-state index is 12.8. The Labute approximate surface area is 255 Å². The van der Waals surface area contributed by atoms with Crippen molar-refractivity contribution in [3.8, 4) is 11.5 Å². The Kier molecular flexibility index (Phi) is 10.3. The third-order valence-electron chi connectivity index (χ3n) is 5.45. The summed E-state index contributed by atoms with van der Waals surface area (Å²) in [5.41, 5.74) is 3.32. The Hall–Kier alpha value is -4.70. The molecule has 0 unspecified atom stereocenters. The fourth-order valence-corrected chi connectivity index (χ4v) is 3.82. The maximum atomic E-state index is 12.8. The summed E-state index contributed by atoms with van der Waals surface area (Å²) < 4.78 is 11.0. The summed E-state index contributed by atoms with van der Waals surface area (Å²) in [7, 11) is 0. The average Bonchev–Trinajstić information content (AvgIpc) is 2.97. The number of amides is 2. The van der Waals surface area contributed by atoms with E-state index >= 15 is 0 Å². The van der Waals surface area contributed by atoms with Crippen LogP contribution in [0.5, 0.6) is 11.5 Å². The number of esters is 2. The van der Waals surface area contributed by atoms with Crippen LogP contribution in [-0.4, -0.2) is 36.5 Å². The molecule has 212 valence electrons. The standard InChI is InChI=1S/C30H20Cl3N3O6/c31-22-9-4-18(5-10-22)29(39)41-25-13-8-21(26(15-25)42-30(40)19-6-11-23(32)12-7-19)16-35-36-27(37)17-34-28(38)20-2-1-3-24(33)14-20/h1-16H,17H2,(H,34,38)(H,36,37)/b35-16-. The van der Waals surface area contributed by atoms with Gasteiger partial charge in [-0.15, -0.1) is 0 Å². The molecule has 42 heavy (non-hydrogen) atoms. The fraction of sp³-hybridized carbons (Fsp3) is 0.0333. The first kappa shape index (κ1) is 30.3. The molecule has 0 aromatic heterocycles. The van der Waals surface area contributed by atoms with Crippen LogP contribution in [0.15, 0.2) is 96.1 Å². The van der Waals surface area contributed by atoms with Crippen LogP contribution in [0.25, 0.3) is 0 Å². The highest BCUT2D eigenvalue weighted by molar-refractivity contribution is 6.31. The average molecular weight is 625 g/mol. The minimum Gasteiger partial charge on any atom is -0.423 e. The Balaban J connectivity index is 1.46. The summed E-state index contributed by atoms with van der Waals surface area (Å²) in [5.74, 6) is -2.40. The number of halogens is 3. The minimum atomic E-state index is -0.713. The topological polar surface area (TPSA) is 123 Å². The molecule has 2 N–H and O–H groups in total. The van der Waals surface area contributed by atoms with Crippen LogP contribution in [0.1, 0.15) is 36.6 Å². The lowest BCUT2D eigenvalue weighted by Crippen LogP contribution is -2.34. The van der Waals surface area contributed by atoms with E-state index in [1.165, 1.54) is 66.9 Å². The highest BCUT2D eigenvalue weighted by Gasteiger charge is 2.15. The summed E-state index contributed by atoms with van der Waals surface area (Å²) >= 11 is 17.7. The lowest BCUT2D eigenvalue weighted by molar-refractivity contribution is -0.120. The Morgan fingerprint density at radius 3 is 1.93 bits per heavy atom. The molecule has 0 radical (unpaired) electrons. The van der Waals surface area contributed by atoms with Gasteiger partial charge in [0, 0.05) is 32.3 Å². The molecule has 9 nitrogen and oxygen atoms in total. The third-order valence-corrected chi connectivity index (χ3v) is 6.19. The molecule has 0 heterocycles. The Morgan fingerprint density at radius 1 is 0.690 bits per heavy atom. The first-order valence-corrected chi connectivity index (χ1v) is 13.3. The predicted octanol–water partition coefficient (Wildman–Crippen LogP) is 5.97. The molecule has 0 aliphatic rings. The molecule has 0 bridgehead atoms. The molecule has 0 saturated carbocycles. The van der Waals surface area contributed by atoms with E-state index in [0.29, 0.717) is 20.6 Å². The number of carbonyl (C=O) groups excluding carboxylic acids is 4. The van der Waals surface area contributed by atoms with Crippen LogP contribution >= 0.6 is 34.8 Å². The molecule has 0 aliphatic carbocycles.